The number of hydrogen-bond acceptors (Lipinski definition) is 7. The third-order valence-corrected chi connectivity index (χ3v) is 6.11. The Balaban J connectivity index is 2.28. The van der Waals surface area contributed by atoms with E-state index in [1.165, 1.54) is 0 Å². The van der Waals surface area contributed by atoms with Crippen molar-refractivity contribution in [1.29, 1.82) is 15.8 Å². The second-order valence-electron chi connectivity index (χ2n) is 7.87. The summed E-state index contributed by atoms with van der Waals surface area (Å²) in [4.78, 5) is 9.02. The summed E-state index contributed by atoms with van der Waals surface area (Å²) in [6, 6.07) is 16.8. The van der Waals surface area contributed by atoms with Crippen molar-refractivity contribution in [3.8, 4) is 40.7 Å². The number of rotatable bonds is 2. The standard InChI is InChI=1S/C26H17BN5O2P/c1-13-4-6-16(8-19(13)27)21-24(34-26(32-21)18(11-29)12-30)23-22(31-25(33-23)15(3)10-28)17-7-5-14(2)20(35)9-17/h4-9H,35H2,1-3H3/b24-23+,25-15-. The van der Waals surface area contributed by atoms with E-state index in [9.17, 15) is 15.8 Å². The van der Waals surface area contributed by atoms with Gasteiger partial charge in [-0.3, -0.25) is 0 Å². The van der Waals surface area contributed by atoms with Crippen LogP contribution < -0.4 is 21.9 Å². The van der Waals surface area contributed by atoms with E-state index in [4.69, 9.17) is 16.7 Å². The zero-order valence-corrected chi connectivity index (χ0v) is 20.3. The van der Waals surface area contributed by atoms with Crippen molar-refractivity contribution >= 4 is 39.0 Å². The first-order valence-electron chi connectivity index (χ1n) is 10.4. The van der Waals surface area contributed by atoms with E-state index in [1.54, 1.807) is 25.1 Å². The Bertz CT molecular complexity index is 1830. The van der Waals surface area contributed by atoms with Crippen LogP contribution in [0.3, 0.4) is 0 Å². The molecule has 0 aliphatic carbocycles. The molecule has 35 heavy (non-hydrogen) atoms. The fourth-order valence-corrected chi connectivity index (χ4v) is 3.63. The molecule has 0 aliphatic rings. The highest BCUT2D eigenvalue weighted by atomic mass is 31.0. The van der Waals surface area contributed by atoms with Gasteiger partial charge in [0, 0.05) is 11.1 Å². The number of aryl methyl sites for hydroxylation is 2. The van der Waals surface area contributed by atoms with Gasteiger partial charge in [-0.15, -0.1) is 9.24 Å². The number of nitriles is 3. The Kier molecular flexibility index (Phi) is 6.39. The Morgan fingerprint density at radius 3 is 1.91 bits per heavy atom. The van der Waals surface area contributed by atoms with E-state index in [1.807, 2.05) is 44.2 Å². The molecule has 2 aromatic carbocycles. The fraction of sp³-hybridized carbons (Fsp3) is 0.115. The lowest BCUT2D eigenvalue weighted by Gasteiger charge is -2.03. The molecule has 0 saturated heterocycles. The van der Waals surface area contributed by atoms with Gasteiger partial charge >= 0.3 is 0 Å². The van der Waals surface area contributed by atoms with Crippen LogP contribution in [0.15, 0.2) is 45.2 Å². The summed E-state index contributed by atoms with van der Waals surface area (Å²) in [6.45, 7) is 5.46. The van der Waals surface area contributed by atoms with Crippen molar-refractivity contribution in [2.75, 3.05) is 0 Å². The van der Waals surface area contributed by atoms with Crippen molar-refractivity contribution in [2.45, 2.75) is 20.8 Å². The third kappa shape index (κ3) is 4.39. The summed E-state index contributed by atoms with van der Waals surface area (Å²) in [5.41, 5.74) is 4.92. The summed E-state index contributed by atoms with van der Waals surface area (Å²) >= 11 is 0. The molecule has 2 radical (unpaired) electrons. The second kappa shape index (κ2) is 9.44. The normalized spacial score (nSPS) is 12.4. The molecule has 1 unspecified atom stereocenters. The molecule has 0 N–H and O–H groups in total. The third-order valence-electron chi connectivity index (χ3n) is 5.49. The predicted molar refractivity (Wildman–Crippen MR) is 134 cm³/mol. The van der Waals surface area contributed by atoms with Crippen LogP contribution in [0.2, 0.25) is 0 Å². The monoisotopic (exact) mass is 473 g/mol. The van der Waals surface area contributed by atoms with Crippen LogP contribution in [0.5, 0.6) is 0 Å². The number of aromatic nitrogens is 2. The second-order valence-corrected chi connectivity index (χ2v) is 8.49. The highest BCUT2D eigenvalue weighted by molar-refractivity contribution is 7.27. The smallest absolute Gasteiger partial charge is 0.249 e. The lowest BCUT2D eigenvalue weighted by atomic mass is 9.89. The number of nitrogens with zero attached hydrogens (tertiary/aromatic N) is 5. The van der Waals surface area contributed by atoms with Crippen molar-refractivity contribution in [3.05, 3.63) is 69.4 Å². The SMILES string of the molecule is [B]c1cc(-c2nc(=C(C#N)C#N)o/c2=c2/o/c(=C(/C)C#N)nc2-c2ccc(C)c(P)c2)ccc1C. The predicted octanol–water partition coefficient (Wildman–Crippen LogP) is 2.09. The van der Waals surface area contributed by atoms with Gasteiger partial charge in [0.25, 0.3) is 0 Å². The molecular weight excluding hydrogens is 456 g/mol. The zero-order valence-electron chi connectivity index (χ0n) is 19.2. The minimum absolute atomic E-state index is 0.125. The molecular formula is C26H17BN5O2P. The first-order valence-corrected chi connectivity index (χ1v) is 11.0. The van der Waals surface area contributed by atoms with Crippen molar-refractivity contribution in [2.24, 2.45) is 0 Å². The summed E-state index contributed by atoms with van der Waals surface area (Å²) in [5, 5.41) is 29.2. The fourth-order valence-electron chi connectivity index (χ4n) is 3.35. The van der Waals surface area contributed by atoms with Crippen LogP contribution in [0.25, 0.3) is 33.7 Å². The van der Waals surface area contributed by atoms with Crippen LogP contribution in [-0.2, 0) is 0 Å². The van der Waals surface area contributed by atoms with Crippen molar-refractivity contribution in [1.82, 2.24) is 9.97 Å². The van der Waals surface area contributed by atoms with E-state index in [2.05, 4.69) is 25.3 Å². The average molecular weight is 473 g/mol. The first kappa shape index (κ1) is 23.7. The molecule has 4 aromatic rings. The lowest BCUT2D eigenvalue weighted by Crippen LogP contribution is -2.07. The van der Waals surface area contributed by atoms with Crippen molar-refractivity contribution in [3.63, 3.8) is 0 Å². The Morgan fingerprint density at radius 1 is 0.829 bits per heavy atom. The number of benzene rings is 2. The summed E-state index contributed by atoms with van der Waals surface area (Å²) in [6.07, 6.45) is 0. The Labute approximate surface area is 204 Å². The van der Waals surface area contributed by atoms with E-state index in [0.717, 1.165) is 22.0 Å². The van der Waals surface area contributed by atoms with Crippen LogP contribution in [0.1, 0.15) is 18.1 Å². The quantitative estimate of drug-likeness (QED) is 0.323. The van der Waals surface area contributed by atoms with Gasteiger partial charge in [0.1, 0.15) is 37.4 Å². The van der Waals surface area contributed by atoms with Gasteiger partial charge in [-0.25, -0.2) is 9.97 Å². The molecule has 2 aromatic heterocycles. The minimum Gasteiger partial charge on any atom is -0.432 e. The van der Waals surface area contributed by atoms with E-state index >= 15 is 0 Å². The molecule has 0 bridgehead atoms. The zero-order chi connectivity index (χ0) is 25.3. The molecule has 0 amide bonds. The summed E-state index contributed by atoms with van der Waals surface area (Å²) < 4.78 is 12.0. The van der Waals surface area contributed by atoms with Gasteiger partial charge in [0.05, 0.1) is 5.57 Å². The molecule has 0 fully saturated rings. The van der Waals surface area contributed by atoms with Crippen LogP contribution in [0.4, 0.5) is 0 Å². The van der Waals surface area contributed by atoms with Crippen LogP contribution >= 0.6 is 9.24 Å². The number of oxazole rings is 2. The lowest BCUT2D eigenvalue weighted by molar-refractivity contribution is 0.440. The molecule has 166 valence electrons. The minimum atomic E-state index is -0.291. The van der Waals surface area contributed by atoms with E-state index in [0.29, 0.717) is 22.4 Å². The molecule has 0 saturated carbocycles. The topological polar surface area (TPSA) is 123 Å². The van der Waals surface area contributed by atoms with E-state index in [-0.39, 0.29) is 33.1 Å². The maximum atomic E-state index is 9.42. The maximum absolute atomic E-state index is 9.42. The maximum Gasteiger partial charge on any atom is 0.249 e. The average Bonchev–Trinajstić information content (AvgIpc) is 3.48. The molecule has 7 nitrogen and oxygen atoms in total. The Hall–Kier alpha value is -4.44. The van der Waals surface area contributed by atoms with Gasteiger partial charge < -0.3 is 8.83 Å². The molecule has 2 heterocycles. The molecule has 1 atom stereocenters. The summed E-state index contributed by atoms with van der Waals surface area (Å²) in [7, 11) is 8.81. The highest BCUT2D eigenvalue weighted by Crippen LogP contribution is 2.23. The van der Waals surface area contributed by atoms with Gasteiger partial charge in [0.15, 0.2) is 5.57 Å². The van der Waals surface area contributed by atoms with E-state index < -0.39 is 0 Å². The van der Waals surface area contributed by atoms with Crippen LogP contribution in [-0.4, -0.2) is 17.8 Å². The molecule has 4 rings (SSSR count). The van der Waals surface area contributed by atoms with Gasteiger partial charge in [-0.1, -0.05) is 41.4 Å². The molecule has 0 aliphatic heterocycles. The summed E-state index contributed by atoms with van der Waals surface area (Å²) in [5.74, 6) is 0. The van der Waals surface area contributed by atoms with Gasteiger partial charge in [-0.05, 0) is 37.7 Å². The van der Waals surface area contributed by atoms with Crippen molar-refractivity contribution < 1.29 is 8.83 Å². The largest absolute Gasteiger partial charge is 0.432 e. The van der Waals surface area contributed by atoms with Gasteiger partial charge in [0.2, 0.25) is 21.9 Å². The van der Waals surface area contributed by atoms with Gasteiger partial charge in [-0.2, -0.15) is 15.8 Å². The molecule has 0 spiro atoms. The number of hydrogen-bond donors (Lipinski definition) is 0. The van der Waals surface area contributed by atoms with Crippen LogP contribution in [0, 0.1) is 58.7 Å². The Morgan fingerprint density at radius 2 is 1.37 bits per heavy atom. The highest BCUT2D eigenvalue weighted by Gasteiger charge is 2.17. The first-order chi connectivity index (χ1) is 16.8. The molecule has 9 heteroatoms.